The lowest BCUT2D eigenvalue weighted by Gasteiger charge is -2.39. The third-order valence-corrected chi connectivity index (χ3v) is 4.79. The molecule has 1 heterocycles. The molecule has 0 aliphatic carbocycles. The quantitative estimate of drug-likeness (QED) is 0.917. The largest absolute Gasteiger partial charge is 0.338 e. The molecule has 20 heavy (non-hydrogen) atoms. The van der Waals surface area contributed by atoms with E-state index < -0.39 is 0 Å². The monoisotopic (exact) mass is 338 g/mol. The van der Waals surface area contributed by atoms with Crippen LogP contribution in [0.2, 0.25) is 0 Å². The van der Waals surface area contributed by atoms with Crippen LogP contribution in [0.4, 0.5) is 0 Å². The van der Waals surface area contributed by atoms with Gasteiger partial charge in [0.25, 0.3) is 0 Å². The summed E-state index contributed by atoms with van der Waals surface area (Å²) in [5.41, 5.74) is 6.92. The zero-order valence-electron chi connectivity index (χ0n) is 12.0. The molecule has 1 fully saturated rings. The standard InChI is InChI=1S/C16H23BrN2O/c1-2-12-7-8-19(15(9-12)11-18)16(20)10-13-3-5-14(17)6-4-13/h3-6,12,15H,2,7-11,18H2,1H3. The minimum Gasteiger partial charge on any atom is -0.338 e. The summed E-state index contributed by atoms with van der Waals surface area (Å²) in [5.74, 6) is 0.928. The maximum atomic E-state index is 12.5. The van der Waals surface area contributed by atoms with E-state index in [0.29, 0.717) is 13.0 Å². The van der Waals surface area contributed by atoms with Crippen molar-refractivity contribution >= 4 is 21.8 Å². The Bertz CT molecular complexity index is 446. The van der Waals surface area contributed by atoms with Gasteiger partial charge in [-0.1, -0.05) is 41.4 Å². The van der Waals surface area contributed by atoms with E-state index >= 15 is 0 Å². The minimum atomic E-state index is 0.206. The van der Waals surface area contributed by atoms with Crippen LogP contribution >= 0.6 is 15.9 Å². The fraction of sp³-hybridized carbons (Fsp3) is 0.562. The Labute approximate surface area is 129 Å². The number of hydrogen-bond donors (Lipinski definition) is 1. The topological polar surface area (TPSA) is 46.3 Å². The van der Waals surface area contributed by atoms with E-state index in [1.54, 1.807) is 0 Å². The van der Waals surface area contributed by atoms with Crippen molar-refractivity contribution in [2.75, 3.05) is 13.1 Å². The fourth-order valence-corrected chi connectivity index (χ4v) is 3.20. The first kappa shape index (κ1) is 15.5. The van der Waals surface area contributed by atoms with Gasteiger partial charge < -0.3 is 10.6 Å². The van der Waals surface area contributed by atoms with Crippen molar-refractivity contribution in [2.45, 2.75) is 38.6 Å². The average molecular weight is 339 g/mol. The smallest absolute Gasteiger partial charge is 0.227 e. The molecule has 1 saturated heterocycles. The van der Waals surface area contributed by atoms with Crippen LogP contribution in [0.5, 0.6) is 0 Å². The lowest BCUT2D eigenvalue weighted by molar-refractivity contribution is -0.134. The number of nitrogens with zero attached hydrogens (tertiary/aromatic N) is 1. The fourth-order valence-electron chi connectivity index (χ4n) is 2.94. The van der Waals surface area contributed by atoms with Crippen molar-refractivity contribution in [1.82, 2.24) is 4.90 Å². The molecule has 1 aliphatic rings. The van der Waals surface area contributed by atoms with Crippen LogP contribution in [0.3, 0.4) is 0 Å². The van der Waals surface area contributed by atoms with Gasteiger partial charge in [-0.2, -0.15) is 0 Å². The number of piperidine rings is 1. The molecule has 110 valence electrons. The first-order chi connectivity index (χ1) is 9.63. The van der Waals surface area contributed by atoms with E-state index in [0.717, 1.165) is 35.3 Å². The SMILES string of the molecule is CCC1CCN(C(=O)Cc2ccc(Br)cc2)C(CN)C1. The van der Waals surface area contributed by atoms with Crippen molar-refractivity contribution in [3.63, 3.8) is 0 Å². The highest BCUT2D eigenvalue weighted by molar-refractivity contribution is 9.10. The Hall–Kier alpha value is -0.870. The second-order valence-electron chi connectivity index (χ2n) is 5.58. The lowest BCUT2D eigenvalue weighted by atomic mass is 9.88. The maximum Gasteiger partial charge on any atom is 0.227 e. The predicted molar refractivity (Wildman–Crippen MR) is 85.4 cm³/mol. The first-order valence-electron chi connectivity index (χ1n) is 7.38. The van der Waals surface area contributed by atoms with Gasteiger partial charge in [-0.25, -0.2) is 0 Å². The van der Waals surface area contributed by atoms with Crippen LogP contribution < -0.4 is 5.73 Å². The van der Waals surface area contributed by atoms with Gasteiger partial charge in [0.15, 0.2) is 0 Å². The van der Waals surface area contributed by atoms with Crippen molar-refractivity contribution < 1.29 is 4.79 Å². The molecule has 0 bridgehead atoms. The van der Waals surface area contributed by atoms with Crippen molar-refractivity contribution in [3.8, 4) is 0 Å². The molecule has 2 N–H and O–H groups in total. The van der Waals surface area contributed by atoms with E-state index in [9.17, 15) is 4.79 Å². The number of carbonyl (C=O) groups is 1. The highest BCUT2D eigenvalue weighted by Crippen LogP contribution is 2.25. The van der Waals surface area contributed by atoms with Crippen LogP contribution in [0.15, 0.2) is 28.7 Å². The number of hydrogen-bond acceptors (Lipinski definition) is 2. The van der Waals surface area contributed by atoms with Crippen LogP contribution in [0, 0.1) is 5.92 Å². The lowest BCUT2D eigenvalue weighted by Crippen LogP contribution is -2.50. The Balaban J connectivity index is 1.99. The summed E-state index contributed by atoms with van der Waals surface area (Å²) >= 11 is 3.41. The summed E-state index contributed by atoms with van der Waals surface area (Å²) in [4.78, 5) is 14.5. The Kier molecular flexibility index (Phi) is 5.61. The second-order valence-corrected chi connectivity index (χ2v) is 6.49. The van der Waals surface area contributed by atoms with Gasteiger partial charge in [0.2, 0.25) is 5.91 Å². The molecule has 2 unspecified atom stereocenters. The Morgan fingerprint density at radius 1 is 1.40 bits per heavy atom. The van der Waals surface area contributed by atoms with Gasteiger partial charge in [-0.05, 0) is 36.5 Å². The number of benzene rings is 1. The number of amides is 1. The number of nitrogens with two attached hydrogens (primary N) is 1. The minimum absolute atomic E-state index is 0.206. The van der Waals surface area contributed by atoms with Crippen LogP contribution in [-0.2, 0) is 11.2 Å². The van der Waals surface area contributed by atoms with Crippen molar-refractivity contribution in [3.05, 3.63) is 34.3 Å². The Morgan fingerprint density at radius 3 is 2.70 bits per heavy atom. The van der Waals surface area contributed by atoms with E-state index in [1.807, 2.05) is 29.2 Å². The average Bonchev–Trinajstić information content (AvgIpc) is 2.48. The molecule has 0 radical (unpaired) electrons. The van der Waals surface area contributed by atoms with Gasteiger partial charge in [-0.15, -0.1) is 0 Å². The third-order valence-electron chi connectivity index (χ3n) is 4.26. The van der Waals surface area contributed by atoms with Crippen molar-refractivity contribution in [2.24, 2.45) is 11.7 Å². The zero-order valence-corrected chi connectivity index (χ0v) is 13.6. The van der Waals surface area contributed by atoms with E-state index in [2.05, 4.69) is 22.9 Å². The predicted octanol–water partition coefficient (Wildman–Crippen LogP) is 2.97. The van der Waals surface area contributed by atoms with E-state index in [-0.39, 0.29) is 11.9 Å². The molecule has 3 nitrogen and oxygen atoms in total. The molecule has 1 aliphatic heterocycles. The Morgan fingerprint density at radius 2 is 2.10 bits per heavy atom. The van der Waals surface area contributed by atoms with Gasteiger partial charge in [0.05, 0.1) is 6.42 Å². The zero-order chi connectivity index (χ0) is 14.5. The van der Waals surface area contributed by atoms with Gasteiger partial charge in [0.1, 0.15) is 0 Å². The van der Waals surface area contributed by atoms with Crippen LogP contribution in [0.25, 0.3) is 0 Å². The molecular weight excluding hydrogens is 316 g/mol. The molecule has 1 aromatic rings. The maximum absolute atomic E-state index is 12.5. The molecule has 4 heteroatoms. The van der Waals surface area contributed by atoms with E-state index in [4.69, 9.17) is 5.73 Å². The second kappa shape index (κ2) is 7.23. The number of halogens is 1. The molecule has 2 rings (SSSR count). The van der Waals surface area contributed by atoms with E-state index in [1.165, 1.54) is 6.42 Å². The number of rotatable bonds is 4. The summed E-state index contributed by atoms with van der Waals surface area (Å²) in [6.07, 6.45) is 3.82. The highest BCUT2D eigenvalue weighted by atomic mass is 79.9. The van der Waals surface area contributed by atoms with Gasteiger partial charge in [-0.3, -0.25) is 4.79 Å². The van der Waals surface area contributed by atoms with Gasteiger partial charge >= 0.3 is 0 Å². The molecule has 1 amide bonds. The summed E-state index contributed by atoms with van der Waals surface area (Å²) < 4.78 is 1.04. The first-order valence-corrected chi connectivity index (χ1v) is 8.17. The summed E-state index contributed by atoms with van der Waals surface area (Å²) in [6, 6.07) is 8.17. The molecule has 0 aromatic heterocycles. The van der Waals surface area contributed by atoms with Gasteiger partial charge in [0, 0.05) is 23.6 Å². The molecule has 0 spiro atoms. The van der Waals surface area contributed by atoms with Crippen LogP contribution in [-0.4, -0.2) is 29.9 Å². The summed E-state index contributed by atoms with van der Waals surface area (Å²) in [7, 11) is 0. The molecule has 0 saturated carbocycles. The normalized spacial score (nSPS) is 22.9. The van der Waals surface area contributed by atoms with Crippen molar-refractivity contribution in [1.29, 1.82) is 0 Å². The highest BCUT2D eigenvalue weighted by Gasteiger charge is 2.29. The molecule has 2 atom stereocenters. The third kappa shape index (κ3) is 3.83. The summed E-state index contributed by atoms with van der Waals surface area (Å²) in [5, 5.41) is 0. The number of carbonyl (C=O) groups excluding carboxylic acids is 1. The number of likely N-dealkylation sites (tertiary alicyclic amines) is 1. The summed E-state index contributed by atoms with van der Waals surface area (Å²) in [6.45, 7) is 3.65. The van der Waals surface area contributed by atoms with Crippen LogP contribution in [0.1, 0.15) is 31.7 Å². The molecule has 1 aromatic carbocycles. The molecular formula is C16H23BrN2O.